The number of rotatable bonds is 4. The van der Waals surface area contributed by atoms with E-state index >= 15 is 0 Å². The highest BCUT2D eigenvalue weighted by atomic mass is 16.5. The minimum Gasteiger partial charge on any atom is -0.379 e. The number of hydrogen-bond acceptors (Lipinski definition) is 3. The average Bonchev–Trinajstić information content (AvgIpc) is 2.77. The van der Waals surface area contributed by atoms with Crippen LogP contribution in [0.15, 0.2) is 24.3 Å². The third kappa shape index (κ3) is 2.80. The van der Waals surface area contributed by atoms with Gasteiger partial charge in [0.2, 0.25) is 5.91 Å². The van der Waals surface area contributed by atoms with Crippen LogP contribution in [-0.2, 0) is 22.5 Å². The maximum Gasteiger partial charge on any atom is 0.230 e. The van der Waals surface area contributed by atoms with E-state index in [1.54, 1.807) is 0 Å². The van der Waals surface area contributed by atoms with Gasteiger partial charge in [-0.05, 0) is 24.5 Å². The summed E-state index contributed by atoms with van der Waals surface area (Å²) < 4.78 is 5.30. The smallest absolute Gasteiger partial charge is 0.230 e. The van der Waals surface area contributed by atoms with Crippen LogP contribution in [0.4, 0.5) is 0 Å². The zero-order valence-electron chi connectivity index (χ0n) is 11.6. The average molecular weight is 262 g/mol. The number of hydrogen-bond donors (Lipinski definition) is 2. The van der Waals surface area contributed by atoms with Crippen molar-refractivity contribution in [1.82, 2.24) is 5.32 Å². The fraction of sp³-hybridized carbons (Fsp3) is 0.533. The van der Waals surface area contributed by atoms with Crippen LogP contribution < -0.4 is 11.1 Å². The van der Waals surface area contributed by atoms with Crippen molar-refractivity contribution >= 4 is 5.91 Å². The second-order valence-electron chi connectivity index (χ2n) is 5.34. The Morgan fingerprint density at radius 1 is 1.47 bits per heavy atom. The minimum absolute atomic E-state index is 0.0246. The van der Waals surface area contributed by atoms with Crippen molar-refractivity contribution in [3.63, 3.8) is 0 Å². The first kappa shape index (κ1) is 14.0. The lowest BCUT2D eigenvalue weighted by Crippen LogP contribution is -2.49. The van der Waals surface area contributed by atoms with Crippen molar-refractivity contribution in [3.05, 3.63) is 35.4 Å². The molecule has 0 saturated carbocycles. The van der Waals surface area contributed by atoms with Gasteiger partial charge in [-0.1, -0.05) is 31.2 Å². The van der Waals surface area contributed by atoms with E-state index in [0.29, 0.717) is 19.8 Å². The van der Waals surface area contributed by atoms with Gasteiger partial charge in [0.1, 0.15) is 0 Å². The zero-order chi connectivity index (χ0) is 13.9. The third-order valence-corrected chi connectivity index (χ3v) is 3.98. The highest BCUT2D eigenvalue weighted by molar-refractivity contribution is 5.83. The molecule has 0 spiro atoms. The lowest BCUT2D eigenvalue weighted by molar-refractivity contribution is -0.130. The summed E-state index contributed by atoms with van der Waals surface area (Å²) in [5, 5.41) is 2.99. The monoisotopic (exact) mass is 262 g/mol. The van der Waals surface area contributed by atoms with Gasteiger partial charge in [-0.25, -0.2) is 0 Å². The Morgan fingerprint density at radius 2 is 2.16 bits per heavy atom. The van der Waals surface area contributed by atoms with Crippen molar-refractivity contribution in [3.8, 4) is 0 Å². The Morgan fingerprint density at radius 3 is 2.74 bits per heavy atom. The summed E-state index contributed by atoms with van der Waals surface area (Å²) in [6.45, 7) is 5.38. The van der Waals surface area contributed by atoms with Crippen LogP contribution in [-0.4, -0.2) is 25.2 Å². The second-order valence-corrected chi connectivity index (χ2v) is 5.34. The number of amides is 1. The molecule has 0 aliphatic carbocycles. The molecule has 3 N–H and O–H groups in total. The van der Waals surface area contributed by atoms with Crippen LogP contribution in [0.1, 0.15) is 25.0 Å². The van der Waals surface area contributed by atoms with E-state index in [1.807, 2.05) is 25.1 Å². The molecule has 4 nitrogen and oxygen atoms in total. The number of ether oxygens (including phenoxy) is 1. The summed E-state index contributed by atoms with van der Waals surface area (Å²) in [7, 11) is 0. The van der Waals surface area contributed by atoms with Crippen LogP contribution in [0, 0.1) is 5.41 Å². The number of nitrogens with one attached hydrogen (secondary N) is 1. The summed E-state index contributed by atoms with van der Waals surface area (Å²) in [4.78, 5) is 12.3. The number of carbonyl (C=O) groups is 1. The molecule has 1 aliphatic rings. The lowest BCUT2D eigenvalue weighted by Gasteiger charge is -2.25. The Hall–Kier alpha value is -1.39. The molecule has 104 valence electrons. The van der Waals surface area contributed by atoms with E-state index in [2.05, 4.69) is 18.3 Å². The molecule has 1 aromatic carbocycles. The maximum absolute atomic E-state index is 12.3. The van der Waals surface area contributed by atoms with Crippen LogP contribution in [0.25, 0.3) is 0 Å². The normalized spacial score (nSPS) is 26.4. The number of nitrogens with two attached hydrogens (primary N) is 1. The Balaban J connectivity index is 2.01. The van der Waals surface area contributed by atoms with Crippen LogP contribution in [0.5, 0.6) is 0 Å². The standard InChI is InChI=1S/C15H22N2O2/c1-3-11-6-4-5-7-12(11)8-17-14(18)15(2)10-19-9-13(15)16/h4-7,13H,3,8-10,16H2,1-2H3,(H,17,18). The molecule has 1 saturated heterocycles. The van der Waals surface area contributed by atoms with E-state index in [9.17, 15) is 4.79 Å². The van der Waals surface area contributed by atoms with E-state index in [1.165, 1.54) is 5.56 Å². The molecule has 0 radical (unpaired) electrons. The molecule has 2 unspecified atom stereocenters. The zero-order valence-corrected chi connectivity index (χ0v) is 11.6. The van der Waals surface area contributed by atoms with Crippen LogP contribution in [0.2, 0.25) is 0 Å². The molecule has 2 atom stereocenters. The van der Waals surface area contributed by atoms with Crippen molar-refractivity contribution in [1.29, 1.82) is 0 Å². The molecular weight excluding hydrogens is 240 g/mol. The first-order valence-corrected chi connectivity index (χ1v) is 6.76. The molecule has 1 amide bonds. The Bertz CT molecular complexity index is 461. The maximum atomic E-state index is 12.3. The number of benzene rings is 1. The van der Waals surface area contributed by atoms with E-state index in [-0.39, 0.29) is 11.9 Å². The first-order chi connectivity index (χ1) is 9.08. The Labute approximate surface area is 114 Å². The van der Waals surface area contributed by atoms with Crippen molar-refractivity contribution in [2.75, 3.05) is 13.2 Å². The molecule has 0 aromatic heterocycles. The first-order valence-electron chi connectivity index (χ1n) is 6.76. The summed E-state index contributed by atoms with van der Waals surface area (Å²) in [6.07, 6.45) is 0.964. The second kappa shape index (κ2) is 5.72. The largest absolute Gasteiger partial charge is 0.379 e. The summed E-state index contributed by atoms with van der Waals surface area (Å²) >= 11 is 0. The molecule has 19 heavy (non-hydrogen) atoms. The SMILES string of the molecule is CCc1ccccc1CNC(=O)C1(C)COCC1N. The van der Waals surface area contributed by atoms with Gasteiger partial charge in [0, 0.05) is 12.6 Å². The molecule has 1 aromatic rings. The van der Waals surface area contributed by atoms with E-state index in [0.717, 1.165) is 12.0 Å². The predicted octanol–water partition coefficient (Wildman–Crippen LogP) is 1.23. The fourth-order valence-electron chi connectivity index (χ4n) is 2.38. The van der Waals surface area contributed by atoms with E-state index < -0.39 is 5.41 Å². The summed E-state index contributed by atoms with van der Waals surface area (Å²) in [5.74, 6) is -0.0246. The van der Waals surface area contributed by atoms with Gasteiger partial charge in [-0.2, -0.15) is 0 Å². The van der Waals surface area contributed by atoms with Gasteiger partial charge in [0.25, 0.3) is 0 Å². The summed E-state index contributed by atoms with van der Waals surface area (Å²) in [5.41, 5.74) is 7.77. The number of aryl methyl sites for hydroxylation is 1. The molecule has 1 heterocycles. The minimum atomic E-state index is -0.610. The van der Waals surface area contributed by atoms with Crippen molar-refractivity contribution in [2.24, 2.45) is 11.1 Å². The molecule has 0 bridgehead atoms. The fourth-order valence-corrected chi connectivity index (χ4v) is 2.38. The van der Waals surface area contributed by atoms with Gasteiger partial charge < -0.3 is 15.8 Å². The summed E-state index contributed by atoms with van der Waals surface area (Å²) in [6, 6.07) is 7.92. The molecule has 1 fully saturated rings. The van der Waals surface area contributed by atoms with Gasteiger partial charge in [0.05, 0.1) is 18.6 Å². The van der Waals surface area contributed by atoms with Crippen LogP contribution >= 0.6 is 0 Å². The molecule has 2 rings (SSSR count). The van der Waals surface area contributed by atoms with Gasteiger partial charge >= 0.3 is 0 Å². The molecular formula is C15H22N2O2. The Kier molecular flexibility index (Phi) is 4.22. The van der Waals surface area contributed by atoms with Crippen molar-refractivity contribution < 1.29 is 9.53 Å². The molecule has 1 aliphatic heterocycles. The van der Waals surface area contributed by atoms with Gasteiger partial charge in [-0.3, -0.25) is 4.79 Å². The van der Waals surface area contributed by atoms with Gasteiger partial charge in [-0.15, -0.1) is 0 Å². The molecule has 4 heteroatoms. The predicted molar refractivity (Wildman–Crippen MR) is 74.6 cm³/mol. The van der Waals surface area contributed by atoms with E-state index in [4.69, 9.17) is 10.5 Å². The lowest BCUT2D eigenvalue weighted by atomic mass is 9.85. The highest BCUT2D eigenvalue weighted by Gasteiger charge is 2.44. The third-order valence-electron chi connectivity index (χ3n) is 3.98. The topological polar surface area (TPSA) is 64.3 Å². The van der Waals surface area contributed by atoms with Gasteiger partial charge in [0.15, 0.2) is 0 Å². The highest BCUT2D eigenvalue weighted by Crippen LogP contribution is 2.27. The van der Waals surface area contributed by atoms with Crippen molar-refractivity contribution in [2.45, 2.75) is 32.9 Å². The quantitative estimate of drug-likeness (QED) is 0.857. The van der Waals surface area contributed by atoms with Crippen LogP contribution in [0.3, 0.4) is 0 Å². The number of carbonyl (C=O) groups excluding carboxylic acids is 1.